The summed E-state index contributed by atoms with van der Waals surface area (Å²) in [6.07, 6.45) is 1.25. The highest BCUT2D eigenvalue weighted by atomic mass is 28.3. The average Bonchev–Trinajstić information content (AvgIpc) is 2.63. The number of hydrogen-bond acceptors (Lipinski definition) is 4. The lowest BCUT2D eigenvalue weighted by Gasteiger charge is -2.15. The summed E-state index contributed by atoms with van der Waals surface area (Å²) >= 11 is 0. The van der Waals surface area contributed by atoms with Crippen LogP contribution in [0.4, 0.5) is 4.79 Å². The molecule has 5 heteroatoms. The monoisotopic (exact) mass is 370 g/mol. The molecule has 0 amide bonds. The highest BCUT2D eigenvalue weighted by Crippen LogP contribution is 2.24. The van der Waals surface area contributed by atoms with Crippen LogP contribution in [-0.2, 0) is 16.1 Å². The van der Waals surface area contributed by atoms with Gasteiger partial charge in [0.05, 0.1) is 7.11 Å². The van der Waals surface area contributed by atoms with Gasteiger partial charge in [-0.25, -0.2) is 4.79 Å². The van der Waals surface area contributed by atoms with Crippen LogP contribution in [0.5, 0.6) is 5.75 Å². The van der Waals surface area contributed by atoms with Crippen molar-refractivity contribution < 1.29 is 19.0 Å². The van der Waals surface area contributed by atoms with Gasteiger partial charge in [-0.15, -0.1) is 0 Å². The standard InChI is InChI=1S/C21H26O4Si/c1-23-21(22)25-20(13-14-26(2,3)4)18-11-8-12-19(15-18)24-16-17-9-6-5-7-10-17/h5-13,15H,14,16H2,1-4H3. The number of ether oxygens (including phenoxy) is 3. The van der Waals surface area contributed by atoms with Gasteiger partial charge < -0.3 is 14.2 Å². The Balaban J connectivity index is 2.17. The number of allylic oxidation sites excluding steroid dienone is 1. The van der Waals surface area contributed by atoms with Crippen molar-refractivity contribution in [3.8, 4) is 5.75 Å². The molecule has 2 aromatic rings. The molecular formula is C21H26O4Si. The normalized spacial score (nSPS) is 11.8. The second-order valence-electron chi connectivity index (χ2n) is 7.19. The van der Waals surface area contributed by atoms with Crippen LogP contribution < -0.4 is 4.74 Å². The smallest absolute Gasteiger partial charge is 0.489 e. The summed E-state index contributed by atoms with van der Waals surface area (Å²) in [4.78, 5) is 11.6. The first-order valence-electron chi connectivity index (χ1n) is 8.60. The maximum absolute atomic E-state index is 11.6. The minimum Gasteiger partial charge on any atom is -0.489 e. The van der Waals surface area contributed by atoms with Crippen molar-refractivity contribution in [2.45, 2.75) is 32.3 Å². The molecule has 4 nitrogen and oxygen atoms in total. The summed E-state index contributed by atoms with van der Waals surface area (Å²) in [5.74, 6) is 1.23. The van der Waals surface area contributed by atoms with Crippen molar-refractivity contribution in [1.82, 2.24) is 0 Å². The predicted octanol–water partition coefficient (Wildman–Crippen LogP) is 5.73. The fourth-order valence-corrected chi connectivity index (χ4v) is 3.03. The molecule has 138 valence electrons. The van der Waals surface area contributed by atoms with E-state index in [1.807, 2.05) is 60.7 Å². The third-order valence-corrected chi connectivity index (χ3v) is 5.06. The van der Waals surface area contributed by atoms with E-state index in [9.17, 15) is 4.79 Å². The molecule has 0 unspecified atom stereocenters. The first-order chi connectivity index (χ1) is 12.4. The van der Waals surface area contributed by atoms with E-state index >= 15 is 0 Å². The topological polar surface area (TPSA) is 44.8 Å². The maximum Gasteiger partial charge on any atom is 0.513 e. The summed E-state index contributed by atoms with van der Waals surface area (Å²) in [7, 11) is -0.0233. The van der Waals surface area contributed by atoms with Crippen molar-refractivity contribution in [2.75, 3.05) is 7.11 Å². The molecule has 0 spiro atoms. The Bertz CT molecular complexity index is 748. The van der Waals surface area contributed by atoms with Crippen LogP contribution in [0.2, 0.25) is 25.7 Å². The number of carbonyl (C=O) groups excluding carboxylic acids is 1. The third-order valence-electron chi connectivity index (χ3n) is 3.63. The quantitative estimate of drug-likeness (QED) is 0.355. The molecule has 0 aliphatic heterocycles. The van der Waals surface area contributed by atoms with Crippen LogP contribution in [0.15, 0.2) is 60.7 Å². The molecule has 2 aromatic carbocycles. The van der Waals surface area contributed by atoms with Crippen molar-refractivity contribution in [3.63, 3.8) is 0 Å². The van der Waals surface area contributed by atoms with Gasteiger partial charge in [0.25, 0.3) is 0 Å². The van der Waals surface area contributed by atoms with E-state index in [-0.39, 0.29) is 0 Å². The molecule has 0 radical (unpaired) electrons. The summed E-state index contributed by atoms with van der Waals surface area (Å²) in [6.45, 7) is 7.27. The predicted molar refractivity (Wildman–Crippen MR) is 107 cm³/mol. The minimum absolute atomic E-state index is 0.482. The first kappa shape index (κ1) is 19.8. The molecule has 0 bridgehead atoms. The van der Waals surface area contributed by atoms with Crippen molar-refractivity contribution >= 4 is 20.0 Å². The van der Waals surface area contributed by atoms with Crippen LogP contribution in [0, 0.1) is 0 Å². The van der Waals surface area contributed by atoms with E-state index in [2.05, 4.69) is 24.4 Å². The lowest BCUT2D eigenvalue weighted by atomic mass is 10.1. The Morgan fingerprint density at radius 2 is 1.77 bits per heavy atom. The SMILES string of the molecule is COC(=O)OC(=CC[Si](C)(C)C)c1cccc(OCc2ccccc2)c1. The summed E-state index contributed by atoms with van der Waals surface area (Å²) in [6, 6.07) is 18.4. The maximum atomic E-state index is 11.6. The summed E-state index contributed by atoms with van der Waals surface area (Å²) in [5, 5.41) is 0. The Morgan fingerprint density at radius 3 is 2.42 bits per heavy atom. The van der Waals surface area contributed by atoms with Crippen LogP contribution >= 0.6 is 0 Å². The number of benzene rings is 2. The fraction of sp³-hybridized carbons (Fsp3) is 0.286. The molecule has 0 aliphatic carbocycles. The van der Waals surface area contributed by atoms with Gasteiger partial charge in [-0.2, -0.15) is 0 Å². The Hall–Kier alpha value is -2.53. The molecule has 0 N–H and O–H groups in total. The molecule has 0 saturated heterocycles. The lowest BCUT2D eigenvalue weighted by molar-refractivity contribution is 0.112. The Kier molecular flexibility index (Phi) is 7.03. The zero-order valence-electron chi connectivity index (χ0n) is 15.8. The van der Waals surface area contributed by atoms with Crippen LogP contribution in [-0.4, -0.2) is 21.3 Å². The number of carbonyl (C=O) groups is 1. The van der Waals surface area contributed by atoms with Crippen LogP contribution in [0.3, 0.4) is 0 Å². The fourth-order valence-electron chi connectivity index (χ4n) is 2.23. The van der Waals surface area contributed by atoms with Gasteiger partial charge in [0.2, 0.25) is 0 Å². The van der Waals surface area contributed by atoms with E-state index in [0.717, 1.165) is 22.9 Å². The molecule has 0 saturated carbocycles. The molecule has 0 atom stereocenters. The van der Waals surface area contributed by atoms with Gasteiger partial charge in [0.15, 0.2) is 0 Å². The molecule has 0 aliphatic rings. The third kappa shape index (κ3) is 6.76. The molecule has 0 aromatic heterocycles. The highest BCUT2D eigenvalue weighted by Gasteiger charge is 2.15. The van der Waals surface area contributed by atoms with E-state index in [1.54, 1.807) is 0 Å². The minimum atomic E-state index is -1.33. The number of rotatable bonds is 7. The first-order valence-corrected chi connectivity index (χ1v) is 12.3. The second kappa shape index (κ2) is 9.24. The van der Waals surface area contributed by atoms with Gasteiger partial charge in [0.1, 0.15) is 18.1 Å². The molecule has 0 heterocycles. The Morgan fingerprint density at radius 1 is 1.04 bits per heavy atom. The van der Waals surface area contributed by atoms with Crippen molar-refractivity contribution in [1.29, 1.82) is 0 Å². The van der Waals surface area contributed by atoms with E-state index in [0.29, 0.717) is 12.4 Å². The summed E-state index contributed by atoms with van der Waals surface area (Å²) < 4.78 is 15.9. The van der Waals surface area contributed by atoms with Gasteiger partial charge in [0, 0.05) is 13.6 Å². The summed E-state index contributed by atoms with van der Waals surface area (Å²) in [5.41, 5.74) is 1.89. The van der Waals surface area contributed by atoms with E-state index in [1.165, 1.54) is 7.11 Å². The van der Waals surface area contributed by atoms with Gasteiger partial charge in [-0.3, -0.25) is 0 Å². The molecular weight excluding hydrogens is 344 g/mol. The highest BCUT2D eigenvalue weighted by molar-refractivity contribution is 6.76. The zero-order valence-corrected chi connectivity index (χ0v) is 16.8. The van der Waals surface area contributed by atoms with Crippen LogP contribution in [0.1, 0.15) is 11.1 Å². The Labute approximate surface area is 156 Å². The van der Waals surface area contributed by atoms with Gasteiger partial charge in [-0.05, 0) is 29.8 Å². The van der Waals surface area contributed by atoms with Gasteiger partial charge in [-0.1, -0.05) is 62.1 Å². The molecule has 0 fully saturated rings. The molecule has 2 rings (SSSR count). The average molecular weight is 371 g/mol. The van der Waals surface area contributed by atoms with Gasteiger partial charge >= 0.3 is 6.16 Å². The lowest BCUT2D eigenvalue weighted by Crippen LogP contribution is -2.18. The van der Waals surface area contributed by atoms with Crippen molar-refractivity contribution in [3.05, 3.63) is 71.8 Å². The zero-order chi connectivity index (χ0) is 19.0. The second-order valence-corrected chi connectivity index (χ2v) is 12.7. The van der Waals surface area contributed by atoms with E-state index in [4.69, 9.17) is 9.47 Å². The number of methoxy groups -OCH3 is 1. The largest absolute Gasteiger partial charge is 0.513 e. The van der Waals surface area contributed by atoms with Crippen molar-refractivity contribution in [2.24, 2.45) is 0 Å². The van der Waals surface area contributed by atoms with E-state index < -0.39 is 14.2 Å². The molecule has 26 heavy (non-hydrogen) atoms. The number of hydrogen-bond donors (Lipinski definition) is 0. The van der Waals surface area contributed by atoms with Crippen LogP contribution in [0.25, 0.3) is 5.76 Å².